The van der Waals surface area contributed by atoms with Crippen molar-refractivity contribution in [3.8, 4) is 0 Å². The lowest BCUT2D eigenvalue weighted by molar-refractivity contribution is -0.148. The van der Waals surface area contributed by atoms with Crippen molar-refractivity contribution in [2.24, 2.45) is 11.8 Å². The largest absolute Gasteiger partial charge is 0.481 e. The molecule has 1 N–H and O–H groups in total. The normalized spacial score (nSPS) is 20.9. The third kappa shape index (κ3) is 4.01. The van der Waals surface area contributed by atoms with E-state index in [0.717, 1.165) is 23.4 Å². The average Bonchev–Trinajstić information content (AvgIpc) is 2.95. The summed E-state index contributed by atoms with van der Waals surface area (Å²) in [6.45, 7) is 3.29. The molecule has 0 atom stereocenters. The molecule has 1 amide bonds. The smallest absolute Gasteiger partial charge is 0.306 e. The lowest BCUT2D eigenvalue weighted by Crippen LogP contribution is -2.40. The highest BCUT2D eigenvalue weighted by Gasteiger charge is 2.37. The Morgan fingerprint density at radius 3 is 2.79 bits per heavy atom. The third-order valence-corrected chi connectivity index (χ3v) is 6.31. The number of carboxylic acids is 1. The first-order chi connectivity index (χ1) is 13.8. The summed E-state index contributed by atoms with van der Waals surface area (Å²) in [5.41, 5.74) is 3.47. The fraction of sp³-hybridized carbons (Fsp3) is 0.476. The minimum Gasteiger partial charge on any atom is -0.481 e. The molecule has 2 heterocycles. The molecular weight excluding hydrogens is 397 g/mol. The zero-order chi connectivity index (χ0) is 20.7. The summed E-state index contributed by atoms with van der Waals surface area (Å²) in [6, 6.07) is 4.60. The molecule has 1 aromatic heterocycles. The zero-order valence-electron chi connectivity index (χ0n) is 16.2. The number of carboxylic acid groups (broad SMARTS) is 1. The summed E-state index contributed by atoms with van der Waals surface area (Å²) in [5, 5.41) is 13.9. The third-order valence-electron chi connectivity index (χ3n) is 6.08. The number of aryl methyl sites for hydroxylation is 1. The maximum absolute atomic E-state index is 14.2. The monoisotopic (exact) mass is 419 g/mol. The molecule has 0 radical (unpaired) electrons. The Hall–Kier alpha value is -2.41. The first kappa shape index (κ1) is 19.9. The number of hydrogen-bond acceptors (Lipinski definition) is 3. The second-order valence-electron chi connectivity index (χ2n) is 8.05. The van der Waals surface area contributed by atoms with Gasteiger partial charge in [0, 0.05) is 23.6 Å². The predicted molar refractivity (Wildman–Crippen MR) is 105 cm³/mol. The lowest BCUT2D eigenvalue weighted by atomic mass is 9.73. The molecule has 1 saturated carbocycles. The Bertz CT molecular complexity index is 968. The number of aromatic nitrogens is 2. The fourth-order valence-corrected chi connectivity index (χ4v) is 4.47. The number of nitrogens with zero attached hydrogens (tertiary/aromatic N) is 3. The maximum Gasteiger partial charge on any atom is 0.306 e. The van der Waals surface area contributed by atoms with E-state index in [9.17, 15) is 14.0 Å². The van der Waals surface area contributed by atoms with Gasteiger partial charge in [-0.2, -0.15) is 5.10 Å². The second-order valence-corrected chi connectivity index (χ2v) is 8.48. The van der Waals surface area contributed by atoms with Gasteiger partial charge in [-0.25, -0.2) is 4.39 Å². The summed E-state index contributed by atoms with van der Waals surface area (Å²) < 4.78 is 16.0. The fourth-order valence-electron chi connectivity index (χ4n) is 4.31. The topological polar surface area (TPSA) is 75.4 Å². The molecule has 1 aliphatic heterocycles. The molecule has 1 aliphatic carbocycles. The van der Waals surface area contributed by atoms with Crippen molar-refractivity contribution in [3.05, 3.63) is 51.6 Å². The maximum atomic E-state index is 14.2. The van der Waals surface area contributed by atoms with Crippen LogP contribution in [0, 0.1) is 24.6 Å². The molecule has 0 spiro atoms. The highest BCUT2D eigenvalue weighted by atomic mass is 35.5. The molecule has 29 heavy (non-hydrogen) atoms. The van der Waals surface area contributed by atoms with Crippen molar-refractivity contribution in [1.82, 2.24) is 14.7 Å². The minimum atomic E-state index is -0.773. The summed E-state index contributed by atoms with van der Waals surface area (Å²) in [5.74, 6) is -1.25. The van der Waals surface area contributed by atoms with Crippen LogP contribution in [0.1, 0.15) is 41.8 Å². The molecule has 154 valence electrons. The van der Waals surface area contributed by atoms with Gasteiger partial charge in [0.1, 0.15) is 5.82 Å². The quantitative estimate of drug-likeness (QED) is 0.805. The van der Waals surface area contributed by atoms with Gasteiger partial charge in [0.15, 0.2) is 0 Å². The SMILES string of the molecule is Cc1nn(Cc2ccc(Cl)cc2F)c2c1CCN(C(=O)CC1CC(C(=O)O)C1)C2. The van der Waals surface area contributed by atoms with E-state index >= 15 is 0 Å². The van der Waals surface area contributed by atoms with Gasteiger partial charge in [-0.1, -0.05) is 17.7 Å². The van der Waals surface area contributed by atoms with Crippen LogP contribution in [0.2, 0.25) is 5.02 Å². The van der Waals surface area contributed by atoms with Gasteiger partial charge in [0.25, 0.3) is 0 Å². The van der Waals surface area contributed by atoms with E-state index in [0.29, 0.717) is 42.9 Å². The Balaban J connectivity index is 1.46. The van der Waals surface area contributed by atoms with E-state index in [4.69, 9.17) is 16.7 Å². The number of carbonyl (C=O) groups is 2. The number of amides is 1. The number of hydrogen-bond donors (Lipinski definition) is 1. The van der Waals surface area contributed by atoms with Crippen LogP contribution >= 0.6 is 11.6 Å². The van der Waals surface area contributed by atoms with Crippen LogP contribution in [0.15, 0.2) is 18.2 Å². The number of benzene rings is 1. The molecule has 2 aromatic rings. The summed E-state index contributed by atoms with van der Waals surface area (Å²) in [7, 11) is 0. The van der Waals surface area contributed by atoms with Crippen LogP contribution in [-0.2, 0) is 29.1 Å². The summed E-state index contributed by atoms with van der Waals surface area (Å²) >= 11 is 5.84. The number of rotatable bonds is 5. The van der Waals surface area contributed by atoms with Gasteiger partial charge in [-0.3, -0.25) is 14.3 Å². The standard InChI is InChI=1S/C21H23ClFN3O3/c1-12-17-4-5-25(20(27)8-13-6-15(7-13)21(28)29)11-19(17)26(24-12)10-14-2-3-16(22)9-18(14)23/h2-3,9,13,15H,4-8,10-11H2,1H3,(H,28,29). The van der Waals surface area contributed by atoms with Crippen molar-refractivity contribution in [2.75, 3.05) is 6.54 Å². The van der Waals surface area contributed by atoms with Crippen LogP contribution in [-0.4, -0.2) is 38.2 Å². The molecule has 1 aromatic carbocycles. The predicted octanol–water partition coefficient (Wildman–Crippen LogP) is 3.42. The molecule has 2 aliphatic rings. The first-order valence-corrected chi connectivity index (χ1v) is 10.2. The van der Waals surface area contributed by atoms with Gasteiger partial charge in [0.2, 0.25) is 5.91 Å². The molecule has 8 heteroatoms. The highest BCUT2D eigenvalue weighted by Crippen LogP contribution is 2.37. The highest BCUT2D eigenvalue weighted by molar-refractivity contribution is 6.30. The molecule has 6 nitrogen and oxygen atoms in total. The Kier molecular flexibility index (Phi) is 5.34. The molecular formula is C21H23ClFN3O3. The van der Waals surface area contributed by atoms with E-state index in [-0.39, 0.29) is 30.1 Å². The number of halogens is 2. The van der Waals surface area contributed by atoms with Crippen LogP contribution in [0.3, 0.4) is 0 Å². The van der Waals surface area contributed by atoms with Gasteiger partial charge < -0.3 is 10.0 Å². The van der Waals surface area contributed by atoms with E-state index in [1.165, 1.54) is 6.07 Å². The van der Waals surface area contributed by atoms with E-state index in [1.54, 1.807) is 16.8 Å². The Morgan fingerprint density at radius 2 is 2.10 bits per heavy atom. The summed E-state index contributed by atoms with van der Waals surface area (Å²) in [4.78, 5) is 25.5. The van der Waals surface area contributed by atoms with Crippen molar-refractivity contribution >= 4 is 23.5 Å². The van der Waals surface area contributed by atoms with Crippen LogP contribution in [0.25, 0.3) is 0 Å². The molecule has 1 fully saturated rings. The van der Waals surface area contributed by atoms with Gasteiger partial charge >= 0.3 is 5.97 Å². The number of fused-ring (bicyclic) bond motifs is 1. The average molecular weight is 420 g/mol. The molecule has 0 saturated heterocycles. The molecule has 0 bridgehead atoms. The van der Waals surface area contributed by atoms with E-state index < -0.39 is 5.97 Å². The number of carbonyl (C=O) groups excluding carboxylic acids is 1. The lowest BCUT2D eigenvalue weighted by Gasteiger charge is -2.34. The zero-order valence-corrected chi connectivity index (χ0v) is 17.0. The summed E-state index contributed by atoms with van der Waals surface area (Å²) in [6.07, 6.45) is 2.26. The van der Waals surface area contributed by atoms with Gasteiger partial charge in [0.05, 0.1) is 30.4 Å². The molecule has 4 rings (SSSR count). The van der Waals surface area contributed by atoms with Crippen LogP contribution in [0.4, 0.5) is 4.39 Å². The van der Waals surface area contributed by atoms with E-state index in [1.807, 2.05) is 11.8 Å². The molecule has 0 unspecified atom stereocenters. The van der Waals surface area contributed by atoms with Crippen LogP contribution in [0.5, 0.6) is 0 Å². The van der Waals surface area contributed by atoms with Crippen molar-refractivity contribution in [1.29, 1.82) is 0 Å². The minimum absolute atomic E-state index is 0.0487. The second kappa shape index (κ2) is 7.78. The Morgan fingerprint density at radius 1 is 1.34 bits per heavy atom. The Labute approximate surface area is 173 Å². The van der Waals surface area contributed by atoms with E-state index in [2.05, 4.69) is 5.10 Å². The van der Waals surface area contributed by atoms with Crippen molar-refractivity contribution < 1.29 is 19.1 Å². The van der Waals surface area contributed by atoms with Crippen LogP contribution < -0.4 is 0 Å². The van der Waals surface area contributed by atoms with Crippen molar-refractivity contribution in [3.63, 3.8) is 0 Å². The van der Waals surface area contributed by atoms with Gasteiger partial charge in [-0.15, -0.1) is 0 Å². The van der Waals surface area contributed by atoms with Gasteiger partial charge in [-0.05, 0) is 49.8 Å². The van der Waals surface area contributed by atoms with Crippen molar-refractivity contribution in [2.45, 2.75) is 45.7 Å². The first-order valence-electron chi connectivity index (χ1n) is 9.81. The number of aliphatic carboxylic acids is 1.